The van der Waals surface area contributed by atoms with Crippen LogP contribution < -0.4 is 16.6 Å². The van der Waals surface area contributed by atoms with Gasteiger partial charge in [-0.2, -0.15) is 0 Å². The molecule has 2 aromatic heterocycles. The van der Waals surface area contributed by atoms with E-state index >= 15 is 0 Å². The first-order chi connectivity index (χ1) is 14.4. The van der Waals surface area contributed by atoms with Crippen molar-refractivity contribution in [2.24, 2.45) is 7.05 Å². The number of carbonyl (C=O) groups excluding carboxylic acids is 1. The van der Waals surface area contributed by atoms with Gasteiger partial charge in [0.1, 0.15) is 5.82 Å². The summed E-state index contributed by atoms with van der Waals surface area (Å²) in [6.07, 6.45) is 0. The highest BCUT2D eigenvalue weighted by Crippen LogP contribution is 2.15. The summed E-state index contributed by atoms with van der Waals surface area (Å²) in [5.74, 6) is 0.335. The molecule has 152 valence electrons. The van der Waals surface area contributed by atoms with E-state index in [1.54, 1.807) is 28.8 Å². The topological polar surface area (TPSA) is 102 Å². The fourth-order valence-electron chi connectivity index (χ4n) is 3.30. The molecule has 0 unspecified atom stereocenters. The van der Waals surface area contributed by atoms with Gasteiger partial charge in [-0.15, -0.1) is 0 Å². The highest BCUT2D eigenvalue weighted by Gasteiger charge is 2.19. The molecule has 0 bridgehead atoms. The molecule has 0 saturated heterocycles. The van der Waals surface area contributed by atoms with Crippen molar-refractivity contribution in [1.82, 2.24) is 19.1 Å². The van der Waals surface area contributed by atoms with Gasteiger partial charge in [0, 0.05) is 18.3 Å². The standard InChI is InChI=1S/C22H21N5O3/c1-14-8-10-16(11-9-14)23-12-18-24-20-19(21(29)25-22(30)26(20)2)27(18)13-17(28)15-6-4-3-5-7-15/h3-11,23H,12-13H2,1-2H3,(H,25,29,30). The van der Waals surface area contributed by atoms with Gasteiger partial charge in [0.05, 0.1) is 13.1 Å². The van der Waals surface area contributed by atoms with Crippen LogP contribution in [0, 0.1) is 6.92 Å². The Morgan fingerprint density at radius 2 is 1.77 bits per heavy atom. The molecular weight excluding hydrogens is 382 g/mol. The lowest BCUT2D eigenvalue weighted by Crippen LogP contribution is -2.29. The number of hydrogen-bond acceptors (Lipinski definition) is 5. The normalized spacial score (nSPS) is 11.0. The fourth-order valence-corrected chi connectivity index (χ4v) is 3.30. The minimum absolute atomic E-state index is 0.0628. The summed E-state index contributed by atoms with van der Waals surface area (Å²) in [4.78, 5) is 44.2. The molecule has 0 atom stereocenters. The number of hydrogen-bond donors (Lipinski definition) is 2. The number of aryl methyl sites for hydroxylation is 2. The Bertz CT molecular complexity index is 1330. The first-order valence-electron chi connectivity index (χ1n) is 9.51. The number of nitrogens with one attached hydrogen (secondary N) is 2. The summed E-state index contributed by atoms with van der Waals surface area (Å²) in [5.41, 5.74) is 1.89. The van der Waals surface area contributed by atoms with Crippen LogP contribution in [0.25, 0.3) is 11.2 Å². The van der Waals surface area contributed by atoms with Crippen LogP contribution in [0.1, 0.15) is 21.7 Å². The average molecular weight is 403 g/mol. The van der Waals surface area contributed by atoms with E-state index in [0.29, 0.717) is 11.4 Å². The number of aromatic amines is 1. The molecule has 0 amide bonds. The van der Waals surface area contributed by atoms with Gasteiger partial charge < -0.3 is 9.88 Å². The van der Waals surface area contributed by atoms with Crippen LogP contribution in [0.3, 0.4) is 0 Å². The van der Waals surface area contributed by atoms with E-state index in [1.807, 2.05) is 37.3 Å². The monoisotopic (exact) mass is 403 g/mol. The molecule has 8 nitrogen and oxygen atoms in total. The molecule has 2 heterocycles. The molecular formula is C22H21N5O3. The van der Waals surface area contributed by atoms with E-state index in [4.69, 9.17) is 0 Å². The molecule has 2 N–H and O–H groups in total. The predicted octanol–water partition coefficient (Wildman–Crippen LogP) is 2.23. The highest BCUT2D eigenvalue weighted by atomic mass is 16.2. The molecule has 0 spiro atoms. The minimum atomic E-state index is -0.567. The zero-order valence-electron chi connectivity index (χ0n) is 16.7. The number of carbonyl (C=O) groups is 1. The van der Waals surface area contributed by atoms with Crippen molar-refractivity contribution in [1.29, 1.82) is 0 Å². The van der Waals surface area contributed by atoms with Crippen molar-refractivity contribution >= 4 is 22.6 Å². The zero-order chi connectivity index (χ0) is 21.3. The van der Waals surface area contributed by atoms with Crippen LogP contribution in [0.5, 0.6) is 0 Å². The van der Waals surface area contributed by atoms with Crippen LogP contribution in [-0.2, 0) is 20.1 Å². The van der Waals surface area contributed by atoms with Crippen molar-refractivity contribution in [3.8, 4) is 0 Å². The minimum Gasteiger partial charge on any atom is -0.378 e. The van der Waals surface area contributed by atoms with E-state index < -0.39 is 11.2 Å². The second-order valence-corrected chi connectivity index (χ2v) is 7.11. The summed E-state index contributed by atoms with van der Waals surface area (Å²) >= 11 is 0. The van der Waals surface area contributed by atoms with Crippen molar-refractivity contribution < 1.29 is 4.79 Å². The van der Waals surface area contributed by atoms with E-state index in [0.717, 1.165) is 11.3 Å². The van der Waals surface area contributed by atoms with Crippen LogP contribution >= 0.6 is 0 Å². The Morgan fingerprint density at radius 1 is 1.07 bits per heavy atom. The Labute approximate surface area is 171 Å². The quantitative estimate of drug-likeness (QED) is 0.481. The predicted molar refractivity (Wildman–Crippen MR) is 115 cm³/mol. The first kappa shape index (κ1) is 19.4. The molecule has 0 saturated carbocycles. The lowest BCUT2D eigenvalue weighted by molar-refractivity contribution is 0.0972. The summed E-state index contributed by atoms with van der Waals surface area (Å²) in [7, 11) is 1.54. The SMILES string of the molecule is Cc1ccc(NCc2nc3c(c(=O)[nH]c(=O)n3C)n2CC(=O)c2ccccc2)cc1. The Kier molecular flexibility index (Phi) is 5.05. The fraction of sp³-hybridized carbons (Fsp3) is 0.182. The molecule has 0 aliphatic heterocycles. The third-order valence-corrected chi connectivity index (χ3v) is 4.99. The highest BCUT2D eigenvalue weighted by molar-refractivity contribution is 5.96. The van der Waals surface area contributed by atoms with Gasteiger partial charge in [0.2, 0.25) is 0 Å². The maximum atomic E-state index is 12.8. The summed E-state index contributed by atoms with van der Waals surface area (Å²) in [6.45, 7) is 2.23. The number of ketones is 1. The molecule has 2 aromatic carbocycles. The number of fused-ring (bicyclic) bond motifs is 1. The molecule has 0 aliphatic rings. The second kappa shape index (κ2) is 7.82. The van der Waals surface area contributed by atoms with Crippen LogP contribution in [0.4, 0.5) is 5.69 Å². The van der Waals surface area contributed by atoms with E-state index in [2.05, 4.69) is 15.3 Å². The number of rotatable bonds is 6. The number of imidazole rings is 1. The summed E-state index contributed by atoms with van der Waals surface area (Å²) in [6, 6.07) is 16.7. The van der Waals surface area contributed by atoms with Gasteiger partial charge in [-0.3, -0.25) is 19.1 Å². The molecule has 8 heteroatoms. The second-order valence-electron chi connectivity index (χ2n) is 7.11. The number of benzene rings is 2. The maximum absolute atomic E-state index is 12.8. The lowest BCUT2D eigenvalue weighted by atomic mass is 10.1. The van der Waals surface area contributed by atoms with Crippen LogP contribution in [0.2, 0.25) is 0 Å². The van der Waals surface area contributed by atoms with Crippen LogP contribution in [-0.4, -0.2) is 24.9 Å². The molecule has 0 aliphatic carbocycles. The molecule has 30 heavy (non-hydrogen) atoms. The molecule has 4 rings (SSSR count). The van der Waals surface area contributed by atoms with Crippen LogP contribution in [0.15, 0.2) is 64.2 Å². The van der Waals surface area contributed by atoms with Gasteiger partial charge in [-0.1, -0.05) is 48.0 Å². The number of Topliss-reactive ketones (excluding diaryl/α,β-unsaturated/α-hetero) is 1. The third kappa shape index (κ3) is 3.67. The third-order valence-electron chi connectivity index (χ3n) is 4.99. The van der Waals surface area contributed by atoms with Gasteiger partial charge >= 0.3 is 5.69 Å². The van der Waals surface area contributed by atoms with E-state index in [1.165, 1.54) is 11.6 Å². The van der Waals surface area contributed by atoms with Gasteiger partial charge in [-0.05, 0) is 19.1 Å². The molecule has 0 radical (unpaired) electrons. The van der Waals surface area contributed by atoms with E-state index in [-0.39, 0.29) is 30.0 Å². The Balaban J connectivity index is 1.76. The van der Waals surface area contributed by atoms with Crippen molar-refractivity contribution in [3.63, 3.8) is 0 Å². The largest absolute Gasteiger partial charge is 0.378 e. The molecule has 4 aromatic rings. The average Bonchev–Trinajstić information content (AvgIpc) is 3.11. The number of anilines is 1. The zero-order valence-corrected chi connectivity index (χ0v) is 16.7. The van der Waals surface area contributed by atoms with Crippen molar-refractivity contribution in [2.75, 3.05) is 5.32 Å². The number of nitrogens with zero attached hydrogens (tertiary/aromatic N) is 3. The van der Waals surface area contributed by atoms with Gasteiger partial charge in [0.15, 0.2) is 16.9 Å². The summed E-state index contributed by atoms with van der Waals surface area (Å²) in [5, 5.41) is 3.26. The lowest BCUT2D eigenvalue weighted by Gasteiger charge is -2.10. The Hall–Kier alpha value is -3.94. The van der Waals surface area contributed by atoms with Gasteiger partial charge in [0.25, 0.3) is 5.56 Å². The van der Waals surface area contributed by atoms with E-state index in [9.17, 15) is 14.4 Å². The molecule has 0 fully saturated rings. The number of H-pyrrole nitrogens is 1. The number of aromatic nitrogens is 4. The first-order valence-corrected chi connectivity index (χ1v) is 9.51. The van der Waals surface area contributed by atoms with Gasteiger partial charge in [-0.25, -0.2) is 9.78 Å². The van der Waals surface area contributed by atoms with Crippen molar-refractivity contribution in [2.45, 2.75) is 20.0 Å². The maximum Gasteiger partial charge on any atom is 0.329 e. The smallest absolute Gasteiger partial charge is 0.329 e. The Morgan fingerprint density at radius 3 is 2.47 bits per heavy atom. The summed E-state index contributed by atoms with van der Waals surface area (Å²) < 4.78 is 2.85. The van der Waals surface area contributed by atoms with Crippen molar-refractivity contribution in [3.05, 3.63) is 92.4 Å².